The van der Waals surface area contributed by atoms with E-state index in [4.69, 9.17) is 9.84 Å². The Bertz CT molecular complexity index is 473. The SMILES string of the molecule is COc1ccc([C@@H]2CCN(C(=O)O)C[C@]2(C)CO)cc1. The van der Waals surface area contributed by atoms with E-state index < -0.39 is 11.5 Å². The third-order valence-electron chi connectivity index (χ3n) is 4.23. The molecule has 0 unspecified atom stereocenters. The second-order valence-corrected chi connectivity index (χ2v) is 5.63. The summed E-state index contributed by atoms with van der Waals surface area (Å²) in [6, 6.07) is 7.79. The predicted octanol–water partition coefficient (Wildman–Crippen LogP) is 2.16. The van der Waals surface area contributed by atoms with Crippen LogP contribution in [0.15, 0.2) is 24.3 Å². The summed E-state index contributed by atoms with van der Waals surface area (Å²) < 4.78 is 5.15. The van der Waals surface area contributed by atoms with Crippen LogP contribution in [0.2, 0.25) is 0 Å². The van der Waals surface area contributed by atoms with Gasteiger partial charge in [0.15, 0.2) is 0 Å². The minimum absolute atomic E-state index is 0.0343. The van der Waals surface area contributed by atoms with Crippen LogP contribution in [0.25, 0.3) is 0 Å². The van der Waals surface area contributed by atoms with Gasteiger partial charge in [-0.2, -0.15) is 0 Å². The lowest BCUT2D eigenvalue weighted by Gasteiger charge is -2.44. The van der Waals surface area contributed by atoms with Gasteiger partial charge in [-0.05, 0) is 30.0 Å². The zero-order valence-electron chi connectivity index (χ0n) is 11.9. The number of ether oxygens (including phenoxy) is 1. The second kappa shape index (κ2) is 5.71. The third kappa shape index (κ3) is 2.72. The topological polar surface area (TPSA) is 70.0 Å². The second-order valence-electron chi connectivity index (χ2n) is 5.63. The van der Waals surface area contributed by atoms with Gasteiger partial charge in [-0.15, -0.1) is 0 Å². The molecule has 1 fully saturated rings. The van der Waals surface area contributed by atoms with Crippen molar-refractivity contribution >= 4 is 6.09 Å². The number of carbonyl (C=O) groups is 1. The predicted molar refractivity (Wildman–Crippen MR) is 75.1 cm³/mol. The number of rotatable bonds is 3. The first-order chi connectivity index (χ1) is 9.50. The van der Waals surface area contributed by atoms with Crippen LogP contribution >= 0.6 is 0 Å². The number of aliphatic hydroxyl groups excluding tert-OH is 1. The number of methoxy groups -OCH3 is 1. The van der Waals surface area contributed by atoms with Crippen LogP contribution in [0.1, 0.15) is 24.8 Å². The van der Waals surface area contributed by atoms with Crippen LogP contribution in [0, 0.1) is 5.41 Å². The molecule has 1 saturated heterocycles. The summed E-state index contributed by atoms with van der Waals surface area (Å²) in [5.41, 5.74) is 0.665. The summed E-state index contributed by atoms with van der Waals surface area (Å²) >= 11 is 0. The molecule has 5 heteroatoms. The summed E-state index contributed by atoms with van der Waals surface area (Å²) in [6.45, 7) is 2.77. The Kier molecular flexibility index (Phi) is 4.18. The van der Waals surface area contributed by atoms with Gasteiger partial charge in [0, 0.05) is 18.5 Å². The van der Waals surface area contributed by atoms with Gasteiger partial charge in [0.25, 0.3) is 0 Å². The molecule has 1 aliphatic rings. The zero-order valence-corrected chi connectivity index (χ0v) is 11.9. The smallest absolute Gasteiger partial charge is 0.407 e. The Morgan fingerprint density at radius 1 is 1.45 bits per heavy atom. The molecule has 0 aromatic heterocycles. The molecule has 1 aliphatic heterocycles. The highest BCUT2D eigenvalue weighted by Crippen LogP contribution is 2.42. The Hall–Kier alpha value is -1.75. The summed E-state index contributed by atoms with van der Waals surface area (Å²) in [5.74, 6) is 0.941. The molecular formula is C15H21NO4. The number of likely N-dealkylation sites (tertiary alicyclic amines) is 1. The number of aliphatic hydroxyl groups is 1. The van der Waals surface area contributed by atoms with E-state index in [-0.39, 0.29) is 12.5 Å². The highest BCUT2D eigenvalue weighted by Gasteiger charge is 2.41. The number of amides is 1. The zero-order chi connectivity index (χ0) is 14.8. The van der Waals surface area contributed by atoms with Crippen LogP contribution in [0.5, 0.6) is 5.75 Å². The molecule has 110 valence electrons. The van der Waals surface area contributed by atoms with E-state index in [1.165, 1.54) is 4.90 Å². The fraction of sp³-hybridized carbons (Fsp3) is 0.533. The minimum atomic E-state index is -0.919. The van der Waals surface area contributed by atoms with Crippen molar-refractivity contribution in [3.05, 3.63) is 29.8 Å². The maximum Gasteiger partial charge on any atom is 0.407 e. The lowest BCUT2D eigenvalue weighted by Crippen LogP contribution is -2.49. The van der Waals surface area contributed by atoms with Gasteiger partial charge in [0.05, 0.1) is 13.7 Å². The van der Waals surface area contributed by atoms with Crippen molar-refractivity contribution in [2.45, 2.75) is 19.3 Å². The van der Waals surface area contributed by atoms with E-state index in [1.807, 2.05) is 31.2 Å². The van der Waals surface area contributed by atoms with Gasteiger partial charge < -0.3 is 19.8 Å². The van der Waals surface area contributed by atoms with Gasteiger partial charge in [-0.1, -0.05) is 19.1 Å². The molecule has 1 heterocycles. The highest BCUT2D eigenvalue weighted by molar-refractivity contribution is 5.65. The average molecular weight is 279 g/mol. The molecule has 0 bridgehead atoms. The Labute approximate surface area is 118 Å². The minimum Gasteiger partial charge on any atom is -0.497 e. The summed E-state index contributed by atoms with van der Waals surface area (Å²) in [7, 11) is 1.62. The van der Waals surface area contributed by atoms with E-state index in [2.05, 4.69) is 0 Å². The monoisotopic (exact) mass is 279 g/mol. The van der Waals surface area contributed by atoms with Crippen molar-refractivity contribution in [1.82, 2.24) is 4.90 Å². The molecule has 2 N–H and O–H groups in total. The molecule has 0 spiro atoms. The third-order valence-corrected chi connectivity index (χ3v) is 4.23. The van der Waals surface area contributed by atoms with Crippen LogP contribution in [0.4, 0.5) is 4.79 Å². The van der Waals surface area contributed by atoms with Crippen molar-refractivity contribution in [2.75, 3.05) is 26.8 Å². The molecule has 1 amide bonds. The molecule has 2 rings (SSSR count). The molecule has 0 radical (unpaired) electrons. The average Bonchev–Trinajstić information content (AvgIpc) is 2.47. The number of nitrogens with zero attached hydrogens (tertiary/aromatic N) is 1. The maximum absolute atomic E-state index is 11.1. The fourth-order valence-corrected chi connectivity index (χ4v) is 2.99. The van der Waals surface area contributed by atoms with Crippen LogP contribution in [-0.2, 0) is 0 Å². The van der Waals surface area contributed by atoms with E-state index in [0.717, 1.165) is 17.7 Å². The largest absolute Gasteiger partial charge is 0.497 e. The van der Waals surface area contributed by atoms with Crippen molar-refractivity contribution in [2.24, 2.45) is 5.41 Å². The summed E-state index contributed by atoms with van der Waals surface area (Å²) in [4.78, 5) is 12.5. The van der Waals surface area contributed by atoms with E-state index >= 15 is 0 Å². The number of piperidine rings is 1. The number of carboxylic acid groups (broad SMARTS) is 1. The van der Waals surface area contributed by atoms with Crippen LogP contribution in [-0.4, -0.2) is 48.0 Å². The summed E-state index contributed by atoms with van der Waals surface area (Å²) in [5, 5.41) is 18.9. The molecule has 2 atom stereocenters. The maximum atomic E-state index is 11.1. The van der Waals surface area contributed by atoms with Crippen LogP contribution < -0.4 is 4.74 Å². The number of hydrogen-bond donors (Lipinski definition) is 2. The molecule has 1 aromatic rings. The van der Waals surface area contributed by atoms with E-state index in [9.17, 15) is 9.90 Å². The first-order valence-electron chi connectivity index (χ1n) is 6.73. The van der Waals surface area contributed by atoms with Gasteiger partial charge in [0.1, 0.15) is 5.75 Å². The van der Waals surface area contributed by atoms with Gasteiger partial charge in [-0.25, -0.2) is 4.79 Å². The fourth-order valence-electron chi connectivity index (χ4n) is 2.99. The van der Waals surface area contributed by atoms with Crippen molar-refractivity contribution in [3.63, 3.8) is 0 Å². The molecule has 0 saturated carbocycles. The van der Waals surface area contributed by atoms with Gasteiger partial charge in [0.2, 0.25) is 0 Å². The van der Waals surface area contributed by atoms with Crippen molar-refractivity contribution in [3.8, 4) is 5.75 Å². The Balaban J connectivity index is 2.23. The molecular weight excluding hydrogens is 258 g/mol. The normalized spacial score (nSPS) is 26.4. The molecule has 1 aromatic carbocycles. The Morgan fingerprint density at radius 3 is 2.60 bits per heavy atom. The van der Waals surface area contributed by atoms with Gasteiger partial charge >= 0.3 is 6.09 Å². The van der Waals surface area contributed by atoms with Crippen molar-refractivity contribution in [1.29, 1.82) is 0 Å². The number of hydrogen-bond acceptors (Lipinski definition) is 3. The quantitative estimate of drug-likeness (QED) is 0.889. The molecule has 20 heavy (non-hydrogen) atoms. The number of benzene rings is 1. The Morgan fingerprint density at radius 2 is 2.10 bits per heavy atom. The lowest BCUT2D eigenvalue weighted by molar-refractivity contribution is 0.0291. The first-order valence-corrected chi connectivity index (χ1v) is 6.73. The highest BCUT2D eigenvalue weighted by atomic mass is 16.5. The van der Waals surface area contributed by atoms with Gasteiger partial charge in [-0.3, -0.25) is 0 Å². The molecule has 5 nitrogen and oxygen atoms in total. The van der Waals surface area contributed by atoms with E-state index in [1.54, 1.807) is 7.11 Å². The van der Waals surface area contributed by atoms with E-state index in [0.29, 0.717) is 13.1 Å². The summed E-state index contributed by atoms with van der Waals surface area (Å²) in [6.07, 6.45) is -0.201. The lowest BCUT2D eigenvalue weighted by atomic mass is 9.69. The first kappa shape index (κ1) is 14.7. The van der Waals surface area contributed by atoms with Crippen molar-refractivity contribution < 1.29 is 19.7 Å². The standard InChI is InChI=1S/C15H21NO4/c1-15(10-17)9-16(14(18)19)8-7-13(15)11-3-5-12(20-2)6-4-11/h3-6,13,17H,7-10H2,1-2H3,(H,18,19)/t13-,15+/m0/s1. The molecule has 0 aliphatic carbocycles. The van der Waals surface area contributed by atoms with Crippen LogP contribution in [0.3, 0.4) is 0 Å².